The number of nitrogens with zero attached hydrogens (tertiary/aromatic N) is 4. The van der Waals surface area contributed by atoms with E-state index in [-0.39, 0.29) is 0 Å². The van der Waals surface area contributed by atoms with Crippen LogP contribution in [0.2, 0.25) is 0 Å². The van der Waals surface area contributed by atoms with Gasteiger partial charge in [-0.3, -0.25) is 9.97 Å². The Kier molecular flexibility index (Phi) is 8.99. The van der Waals surface area contributed by atoms with Crippen LogP contribution in [0.3, 0.4) is 0 Å². The normalized spacial score (nSPS) is 7.67. The van der Waals surface area contributed by atoms with Crippen molar-refractivity contribution in [3.8, 4) is 0 Å². The third kappa shape index (κ3) is 8.49. The maximum Gasteiger partial charge on any atom is 0.125 e. The lowest BCUT2D eigenvalue weighted by molar-refractivity contribution is 1.05. The highest BCUT2D eigenvalue weighted by atomic mass is 14.8. The summed E-state index contributed by atoms with van der Waals surface area (Å²) in [5, 5.41) is 0. The molecule has 0 aliphatic rings. The van der Waals surface area contributed by atoms with E-state index >= 15 is 0 Å². The molecule has 0 amide bonds. The minimum Gasteiger partial charge on any atom is -0.262 e. The van der Waals surface area contributed by atoms with E-state index in [1.165, 1.54) is 0 Å². The van der Waals surface area contributed by atoms with E-state index in [0.717, 1.165) is 5.82 Å². The summed E-state index contributed by atoms with van der Waals surface area (Å²) in [6.45, 7) is 5.86. The van der Waals surface area contributed by atoms with Gasteiger partial charge in [-0.1, -0.05) is 13.8 Å². The molecule has 2 aromatic rings. The highest BCUT2D eigenvalue weighted by Crippen LogP contribution is 1.78. The van der Waals surface area contributed by atoms with Crippen molar-refractivity contribution < 1.29 is 0 Å². The molecule has 4 nitrogen and oxygen atoms in total. The minimum absolute atomic E-state index is 0.822. The van der Waals surface area contributed by atoms with E-state index in [2.05, 4.69) is 19.9 Å². The molecule has 0 saturated heterocycles. The van der Waals surface area contributed by atoms with Crippen molar-refractivity contribution in [3.05, 3.63) is 49.1 Å². The van der Waals surface area contributed by atoms with Crippen molar-refractivity contribution in [3.63, 3.8) is 0 Å². The fourth-order valence-corrected chi connectivity index (χ4v) is 0.627. The van der Waals surface area contributed by atoms with Gasteiger partial charge in [0.15, 0.2) is 0 Å². The Morgan fingerprint density at radius 1 is 0.733 bits per heavy atom. The van der Waals surface area contributed by atoms with E-state index in [1.807, 2.05) is 20.8 Å². The molecule has 0 unspecified atom stereocenters. The SMILES string of the molecule is CC.Cc1ncccn1.c1cnccn1. The average molecular weight is 204 g/mol. The van der Waals surface area contributed by atoms with Gasteiger partial charge in [0.1, 0.15) is 5.82 Å². The van der Waals surface area contributed by atoms with Crippen LogP contribution in [0.25, 0.3) is 0 Å². The molecule has 2 aromatic heterocycles. The van der Waals surface area contributed by atoms with Crippen LogP contribution in [0.15, 0.2) is 43.2 Å². The van der Waals surface area contributed by atoms with Crippen LogP contribution < -0.4 is 0 Å². The van der Waals surface area contributed by atoms with E-state index in [0.29, 0.717) is 0 Å². The van der Waals surface area contributed by atoms with Crippen molar-refractivity contribution >= 4 is 0 Å². The first kappa shape index (κ1) is 13.2. The van der Waals surface area contributed by atoms with Gasteiger partial charge < -0.3 is 0 Å². The van der Waals surface area contributed by atoms with Crippen molar-refractivity contribution in [2.75, 3.05) is 0 Å². The molecule has 0 saturated carbocycles. The van der Waals surface area contributed by atoms with Gasteiger partial charge in [0.2, 0.25) is 0 Å². The van der Waals surface area contributed by atoms with Gasteiger partial charge in [0, 0.05) is 37.2 Å². The first-order valence-electron chi connectivity index (χ1n) is 4.83. The highest BCUT2D eigenvalue weighted by Gasteiger charge is 1.74. The van der Waals surface area contributed by atoms with Gasteiger partial charge in [-0.05, 0) is 13.0 Å². The van der Waals surface area contributed by atoms with Crippen LogP contribution in [-0.2, 0) is 0 Å². The molecule has 0 spiro atoms. The Morgan fingerprint density at radius 2 is 1.13 bits per heavy atom. The zero-order chi connectivity index (χ0) is 11.4. The van der Waals surface area contributed by atoms with Crippen LogP contribution in [0.5, 0.6) is 0 Å². The lowest BCUT2D eigenvalue weighted by Crippen LogP contribution is -1.80. The zero-order valence-electron chi connectivity index (χ0n) is 9.33. The second-order valence-electron chi connectivity index (χ2n) is 2.19. The second kappa shape index (κ2) is 10.2. The molecule has 15 heavy (non-hydrogen) atoms. The lowest BCUT2D eigenvalue weighted by Gasteiger charge is -1.81. The minimum atomic E-state index is 0.822. The predicted molar refractivity (Wildman–Crippen MR) is 60.1 cm³/mol. The quantitative estimate of drug-likeness (QED) is 0.660. The molecule has 4 heteroatoms. The Morgan fingerprint density at radius 3 is 1.33 bits per heavy atom. The zero-order valence-corrected chi connectivity index (χ0v) is 9.33. The summed E-state index contributed by atoms with van der Waals surface area (Å²) in [4.78, 5) is 15.2. The van der Waals surface area contributed by atoms with Crippen LogP contribution in [0, 0.1) is 6.92 Å². The molecule has 0 aliphatic carbocycles. The van der Waals surface area contributed by atoms with Crippen LogP contribution in [0.1, 0.15) is 19.7 Å². The number of aromatic nitrogens is 4. The van der Waals surface area contributed by atoms with Gasteiger partial charge in [0.25, 0.3) is 0 Å². The largest absolute Gasteiger partial charge is 0.262 e. The summed E-state index contributed by atoms with van der Waals surface area (Å²) >= 11 is 0. The molecular weight excluding hydrogens is 188 g/mol. The molecule has 80 valence electrons. The molecular formula is C11H16N4. The molecule has 2 rings (SSSR count). The average Bonchev–Trinajstić information content (AvgIpc) is 2.36. The van der Waals surface area contributed by atoms with Crippen molar-refractivity contribution in [2.24, 2.45) is 0 Å². The third-order valence-electron chi connectivity index (χ3n) is 1.17. The molecule has 0 aromatic carbocycles. The van der Waals surface area contributed by atoms with Crippen LogP contribution in [0.4, 0.5) is 0 Å². The first-order valence-corrected chi connectivity index (χ1v) is 4.83. The third-order valence-corrected chi connectivity index (χ3v) is 1.17. The van der Waals surface area contributed by atoms with Gasteiger partial charge in [0.05, 0.1) is 0 Å². The second-order valence-corrected chi connectivity index (χ2v) is 2.19. The van der Waals surface area contributed by atoms with E-state index < -0.39 is 0 Å². The van der Waals surface area contributed by atoms with Gasteiger partial charge in [-0.25, -0.2) is 9.97 Å². The van der Waals surface area contributed by atoms with Crippen LogP contribution >= 0.6 is 0 Å². The van der Waals surface area contributed by atoms with Crippen molar-refractivity contribution in [1.29, 1.82) is 0 Å². The van der Waals surface area contributed by atoms with Gasteiger partial charge >= 0.3 is 0 Å². The highest BCUT2D eigenvalue weighted by molar-refractivity contribution is 4.84. The summed E-state index contributed by atoms with van der Waals surface area (Å²) in [5.74, 6) is 0.822. The monoisotopic (exact) mass is 204 g/mol. The van der Waals surface area contributed by atoms with Crippen LogP contribution in [-0.4, -0.2) is 19.9 Å². The maximum atomic E-state index is 3.87. The fourth-order valence-electron chi connectivity index (χ4n) is 0.627. The smallest absolute Gasteiger partial charge is 0.125 e. The summed E-state index contributed by atoms with van der Waals surface area (Å²) in [6.07, 6.45) is 10.0. The summed E-state index contributed by atoms with van der Waals surface area (Å²) in [7, 11) is 0. The standard InChI is InChI=1S/C5H6N2.C4H4N2.C2H6/c1-5-6-3-2-4-7-5;1-2-6-4-3-5-1;1-2/h2-4H,1H3;1-4H;1-2H3. The molecule has 0 aliphatic heterocycles. The summed E-state index contributed by atoms with van der Waals surface area (Å²) < 4.78 is 0. The number of aryl methyl sites for hydroxylation is 1. The lowest BCUT2D eigenvalue weighted by atomic mass is 10.6. The molecule has 0 atom stereocenters. The molecule has 0 radical (unpaired) electrons. The Balaban J connectivity index is 0.000000227. The molecule has 0 bridgehead atoms. The van der Waals surface area contributed by atoms with E-state index in [1.54, 1.807) is 43.2 Å². The Hall–Kier alpha value is -1.84. The number of hydrogen-bond acceptors (Lipinski definition) is 4. The topological polar surface area (TPSA) is 51.6 Å². The number of hydrogen-bond donors (Lipinski definition) is 0. The Bertz CT molecular complexity index is 283. The molecule has 2 heterocycles. The molecule has 0 N–H and O–H groups in total. The first-order chi connectivity index (χ1) is 7.39. The van der Waals surface area contributed by atoms with Crippen molar-refractivity contribution in [2.45, 2.75) is 20.8 Å². The van der Waals surface area contributed by atoms with Crippen molar-refractivity contribution in [1.82, 2.24) is 19.9 Å². The fraction of sp³-hybridized carbons (Fsp3) is 0.273. The predicted octanol–water partition coefficient (Wildman–Crippen LogP) is 2.29. The number of rotatable bonds is 0. The molecule has 0 fully saturated rings. The van der Waals surface area contributed by atoms with E-state index in [4.69, 9.17) is 0 Å². The maximum absolute atomic E-state index is 3.87. The van der Waals surface area contributed by atoms with Gasteiger partial charge in [-0.2, -0.15) is 0 Å². The summed E-state index contributed by atoms with van der Waals surface area (Å²) in [5.41, 5.74) is 0. The summed E-state index contributed by atoms with van der Waals surface area (Å²) in [6, 6.07) is 1.80. The van der Waals surface area contributed by atoms with Gasteiger partial charge in [-0.15, -0.1) is 0 Å². The van der Waals surface area contributed by atoms with E-state index in [9.17, 15) is 0 Å². The Labute approximate surface area is 90.5 Å².